The van der Waals surface area contributed by atoms with Gasteiger partial charge in [0.15, 0.2) is 0 Å². The molecule has 0 heterocycles. The number of fused-ring (bicyclic) bond motifs is 3. The van der Waals surface area contributed by atoms with Gasteiger partial charge in [-0.15, -0.1) is 0 Å². The number of hydrogen-bond donors (Lipinski definition) is 0. The van der Waals surface area contributed by atoms with Crippen molar-refractivity contribution in [1.29, 1.82) is 0 Å². The average molecular weight is 392 g/mol. The van der Waals surface area contributed by atoms with Crippen LogP contribution in [0.5, 0.6) is 0 Å². The second-order valence-corrected chi connectivity index (χ2v) is 7.33. The van der Waals surface area contributed by atoms with E-state index in [1.54, 1.807) is 6.07 Å². The van der Waals surface area contributed by atoms with Crippen molar-refractivity contribution in [2.75, 3.05) is 0 Å². The molecule has 0 bridgehead atoms. The van der Waals surface area contributed by atoms with Crippen LogP contribution in [0.3, 0.4) is 0 Å². The summed E-state index contributed by atoms with van der Waals surface area (Å²) in [6.07, 6.45) is 2.08. The molecule has 0 saturated carbocycles. The molecule has 0 radical (unpaired) electrons. The zero-order valence-corrected chi connectivity index (χ0v) is 15.3. The molecule has 118 valence electrons. The highest BCUT2D eigenvalue weighted by atomic mass is 35.5. The first-order valence-corrected chi connectivity index (χ1v) is 8.81. The lowest BCUT2D eigenvalue weighted by Crippen LogP contribution is -1.83. The molecule has 0 N–H and O–H groups in total. The van der Waals surface area contributed by atoms with Crippen LogP contribution in [-0.4, -0.2) is 0 Å². The van der Waals surface area contributed by atoms with Gasteiger partial charge in [0.1, 0.15) is 0 Å². The van der Waals surface area contributed by atoms with Crippen molar-refractivity contribution < 1.29 is 0 Å². The van der Waals surface area contributed by atoms with Gasteiger partial charge in [-0.05, 0) is 70.3 Å². The molecular formula is C20H10Cl4. The van der Waals surface area contributed by atoms with Gasteiger partial charge in [-0.3, -0.25) is 0 Å². The first-order valence-electron chi connectivity index (χ1n) is 7.30. The Labute approximate surface area is 160 Å². The van der Waals surface area contributed by atoms with Crippen LogP contribution >= 0.6 is 46.4 Å². The van der Waals surface area contributed by atoms with E-state index >= 15 is 0 Å². The Morgan fingerprint density at radius 3 is 2.17 bits per heavy atom. The molecule has 0 atom stereocenters. The average Bonchev–Trinajstić information content (AvgIpc) is 2.81. The molecule has 0 aromatic heterocycles. The fourth-order valence-electron chi connectivity index (χ4n) is 3.08. The highest BCUT2D eigenvalue weighted by Gasteiger charge is 2.26. The van der Waals surface area contributed by atoms with E-state index in [1.165, 1.54) is 0 Å². The Bertz CT molecular complexity index is 1000. The SMILES string of the molecule is Clc1cccc(/C=C2/c3cc(Cl)ccc3-c3c(Cl)cc(Cl)cc32)c1. The second kappa shape index (κ2) is 6.13. The van der Waals surface area contributed by atoms with Crippen LogP contribution in [0.25, 0.3) is 22.8 Å². The van der Waals surface area contributed by atoms with Gasteiger partial charge >= 0.3 is 0 Å². The van der Waals surface area contributed by atoms with Gasteiger partial charge < -0.3 is 0 Å². The first-order chi connectivity index (χ1) is 11.5. The summed E-state index contributed by atoms with van der Waals surface area (Å²) in [6.45, 7) is 0. The minimum absolute atomic E-state index is 0.606. The zero-order valence-electron chi connectivity index (χ0n) is 12.3. The van der Waals surface area contributed by atoms with Gasteiger partial charge in [0.25, 0.3) is 0 Å². The highest BCUT2D eigenvalue weighted by molar-refractivity contribution is 6.38. The van der Waals surface area contributed by atoms with Gasteiger partial charge in [-0.1, -0.05) is 64.6 Å². The Balaban J connectivity index is 2.03. The van der Waals surface area contributed by atoms with E-state index in [-0.39, 0.29) is 0 Å². The summed E-state index contributed by atoms with van der Waals surface area (Å²) in [5, 5.41) is 2.61. The maximum atomic E-state index is 6.47. The van der Waals surface area contributed by atoms with Crippen molar-refractivity contribution in [3.63, 3.8) is 0 Å². The van der Waals surface area contributed by atoms with Crippen LogP contribution in [0.2, 0.25) is 20.1 Å². The lowest BCUT2D eigenvalue weighted by Gasteiger charge is -2.05. The number of benzene rings is 3. The van der Waals surface area contributed by atoms with Crippen LogP contribution in [0, 0.1) is 0 Å². The maximum absolute atomic E-state index is 6.47. The van der Waals surface area contributed by atoms with Crippen molar-refractivity contribution >= 4 is 58.1 Å². The van der Waals surface area contributed by atoms with Crippen molar-refractivity contribution in [3.05, 3.63) is 91.4 Å². The van der Waals surface area contributed by atoms with E-state index in [9.17, 15) is 0 Å². The minimum Gasteiger partial charge on any atom is -0.0843 e. The fraction of sp³-hybridized carbons (Fsp3) is 0. The number of rotatable bonds is 1. The fourth-order valence-corrected chi connectivity index (χ4v) is 4.05. The van der Waals surface area contributed by atoms with Gasteiger partial charge in [-0.2, -0.15) is 0 Å². The van der Waals surface area contributed by atoms with Crippen molar-refractivity contribution in [3.8, 4) is 11.1 Å². The molecule has 0 fully saturated rings. The summed E-state index contributed by atoms with van der Waals surface area (Å²) in [5.41, 5.74) is 6.14. The van der Waals surface area contributed by atoms with E-state index in [4.69, 9.17) is 46.4 Å². The Hall–Kier alpha value is -1.44. The Kier molecular flexibility index (Phi) is 4.10. The standard InChI is InChI=1S/C20H10Cl4/c21-12-3-1-2-11(6-12)7-16-17-8-13(22)4-5-15(17)20-18(16)9-14(23)10-19(20)24/h1-10H/b16-7-. The zero-order chi connectivity index (χ0) is 16.8. The van der Waals surface area contributed by atoms with Crippen molar-refractivity contribution in [2.24, 2.45) is 0 Å². The molecule has 0 spiro atoms. The van der Waals surface area contributed by atoms with Crippen LogP contribution < -0.4 is 0 Å². The normalized spacial score (nSPS) is 13.9. The molecule has 3 aromatic carbocycles. The molecule has 1 aliphatic rings. The van der Waals surface area contributed by atoms with E-state index in [0.717, 1.165) is 33.4 Å². The summed E-state index contributed by atoms with van der Waals surface area (Å²) in [4.78, 5) is 0. The molecular weight excluding hydrogens is 382 g/mol. The highest BCUT2D eigenvalue weighted by Crippen LogP contribution is 2.49. The van der Waals surface area contributed by atoms with Crippen LogP contribution in [0.4, 0.5) is 0 Å². The van der Waals surface area contributed by atoms with E-state index in [2.05, 4.69) is 6.08 Å². The monoisotopic (exact) mass is 390 g/mol. The first kappa shape index (κ1) is 16.1. The number of halogens is 4. The quantitative estimate of drug-likeness (QED) is 0.309. The van der Waals surface area contributed by atoms with E-state index in [0.29, 0.717) is 20.1 Å². The summed E-state index contributed by atoms with van der Waals surface area (Å²) in [5.74, 6) is 0. The van der Waals surface area contributed by atoms with Crippen molar-refractivity contribution in [2.45, 2.75) is 0 Å². The van der Waals surface area contributed by atoms with E-state index in [1.807, 2.05) is 48.5 Å². The Morgan fingerprint density at radius 1 is 0.625 bits per heavy atom. The molecule has 24 heavy (non-hydrogen) atoms. The Morgan fingerprint density at radius 2 is 1.38 bits per heavy atom. The predicted octanol–water partition coefficient (Wildman–Crippen LogP) is 7.87. The topological polar surface area (TPSA) is 0 Å². The van der Waals surface area contributed by atoms with Crippen LogP contribution in [-0.2, 0) is 0 Å². The van der Waals surface area contributed by atoms with Crippen LogP contribution in [0.1, 0.15) is 16.7 Å². The molecule has 1 aliphatic carbocycles. The molecule has 0 saturated heterocycles. The summed E-state index contributed by atoms with van der Waals surface area (Å²) in [6, 6.07) is 17.2. The summed E-state index contributed by atoms with van der Waals surface area (Å²) >= 11 is 25.0. The molecule has 3 aromatic rings. The van der Waals surface area contributed by atoms with Gasteiger partial charge in [0.05, 0.1) is 5.02 Å². The summed E-state index contributed by atoms with van der Waals surface area (Å²) in [7, 11) is 0. The van der Waals surface area contributed by atoms with Crippen LogP contribution in [0.15, 0.2) is 54.6 Å². The molecule has 4 heteroatoms. The van der Waals surface area contributed by atoms with E-state index < -0.39 is 0 Å². The third kappa shape index (κ3) is 2.74. The lowest BCUT2D eigenvalue weighted by atomic mass is 10.0. The molecule has 0 amide bonds. The third-order valence-electron chi connectivity index (χ3n) is 4.05. The van der Waals surface area contributed by atoms with Gasteiger partial charge in [-0.25, -0.2) is 0 Å². The molecule has 0 nitrogen and oxygen atoms in total. The lowest BCUT2D eigenvalue weighted by molar-refractivity contribution is 1.64. The maximum Gasteiger partial charge on any atom is 0.0505 e. The van der Waals surface area contributed by atoms with Gasteiger partial charge in [0, 0.05) is 20.6 Å². The second-order valence-electron chi connectivity index (χ2n) is 5.61. The molecule has 0 aliphatic heterocycles. The summed E-state index contributed by atoms with van der Waals surface area (Å²) < 4.78 is 0. The number of hydrogen-bond acceptors (Lipinski definition) is 0. The smallest absolute Gasteiger partial charge is 0.0505 e. The van der Waals surface area contributed by atoms with Crippen molar-refractivity contribution in [1.82, 2.24) is 0 Å². The van der Waals surface area contributed by atoms with Gasteiger partial charge in [0.2, 0.25) is 0 Å². The minimum atomic E-state index is 0.606. The predicted molar refractivity (Wildman–Crippen MR) is 105 cm³/mol. The molecule has 4 rings (SSSR count). The third-order valence-corrected chi connectivity index (χ3v) is 5.03. The largest absolute Gasteiger partial charge is 0.0843 e. The molecule has 0 unspecified atom stereocenters.